The summed E-state index contributed by atoms with van der Waals surface area (Å²) in [5.74, 6) is -1.57. The van der Waals surface area contributed by atoms with Gasteiger partial charge >= 0.3 is 5.97 Å². The van der Waals surface area contributed by atoms with E-state index < -0.39 is 12.0 Å². The Bertz CT molecular complexity index is 378. The highest BCUT2D eigenvalue weighted by Gasteiger charge is 2.24. The lowest BCUT2D eigenvalue weighted by Gasteiger charge is -2.16. The van der Waals surface area contributed by atoms with E-state index in [0.717, 1.165) is 0 Å². The van der Waals surface area contributed by atoms with Crippen molar-refractivity contribution in [2.24, 2.45) is 5.92 Å². The fourth-order valence-corrected chi connectivity index (χ4v) is 2.16. The lowest BCUT2D eigenvalue weighted by Crippen LogP contribution is -2.39. The molecular weight excluding hydrogens is 240 g/mol. The molecule has 0 aliphatic rings. The standard InChI is InChI=1S/C11H16N2O3S/c1-7(6-12-2)10(14)13-9(11(15)16)8-4-3-5-17-8/h3-5,7,9,12H,6H2,1-2H3,(H,13,14)(H,15,16). The van der Waals surface area contributed by atoms with Gasteiger partial charge in [-0.15, -0.1) is 11.3 Å². The summed E-state index contributed by atoms with van der Waals surface area (Å²) in [5, 5.41) is 16.3. The molecule has 0 spiro atoms. The molecule has 1 aromatic rings. The zero-order valence-electron chi connectivity index (χ0n) is 9.77. The quantitative estimate of drug-likeness (QED) is 0.705. The number of aliphatic carboxylic acids is 1. The van der Waals surface area contributed by atoms with Gasteiger partial charge in [-0.1, -0.05) is 13.0 Å². The summed E-state index contributed by atoms with van der Waals surface area (Å²) in [7, 11) is 1.75. The lowest BCUT2D eigenvalue weighted by molar-refractivity contribution is -0.142. The number of carboxylic acid groups (broad SMARTS) is 1. The Morgan fingerprint density at radius 3 is 2.71 bits per heavy atom. The third kappa shape index (κ3) is 3.83. The van der Waals surface area contributed by atoms with Crippen LogP contribution in [0.15, 0.2) is 17.5 Å². The molecule has 2 atom stereocenters. The van der Waals surface area contributed by atoms with Gasteiger partial charge in [-0.25, -0.2) is 4.79 Å². The number of carbonyl (C=O) groups is 2. The van der Waals surface area contributed by atoms with E-state index in [2.05, 4.69) is 10.6 Å². The predicted octanol–water partition coefficient (Wildman–Crippen LogP) is 0.846. The van der Waals surface area contributed by atoms with Crippen molar-refractivity contribution < 1.29 is 14.7 Å². The second kappa shape index (κ2) is 6.36. The smallest absolute Gasteiger partial charge is 0.331 e. The minimum Gasteiger partial charge on any atom is -0.479 e. The van der Waals surface area contributed by atoms with Gasteiger partial charge in [0.2, 0.25) is 5.91 Å². The first-order valence-corrected chi connectivity index (χ1v) is 6.15. The average Bonchev–Trinajstić information content (AvgIpc) is 2.78. The molecule has 94 valence electrons. The van der Waals surface area contributed by atoms with Crippen LogP contribution in [0.1, 0.15) is 17.8 Å². The molecule has 5 nitrogen and oxygen atoms in total. The lowest BCUT2D eigenvalue weighted by atomic mass is 10.1. The van der Waals surface area contributed by atoms with E-state index in [-0.39, 0.29) is 11.8 Å². The molecule has 0 aliphatic heterocycles. The number of hydrogen-bond acceptors (Lipinski definition) is 4. The molecule has 17 heavy (non-hydrogen) atoms. The van der Waals surface area contributed by atoms with Crippen molar-refractivity contribution in [3.63, 3.8) is 0 Å². The van der Waals surface area contributed by atoms with Gasteiger partial charge in [-0.2, -0.15) is 0 Å². The Balaban J connectivity index is 2.69. The Labute approximate surface area is 104 Å². The molecule has 0 saturated carbocycles. The summed E-state index contributed by atoms with van der Waals surface area (Å²) in [6.45, 7) is 2.27. The maximum atomic E-state index is 11.7. The molecule has 1 amide bonds. The minimum atomic E-state index is -1.04. The van der Waals surface area contributed by atoms with E-state index in [9.17, 15) is 9.59 Å². The SMILES string of the molecule is CNCC(C)C(=O)NC(C(=O)O)c1cccs1. The first-order chi connectivity index (χ1) is 8.06. The van der Waals surface area contributed by atoms with Crippen molar-refractivity contribution in [1.82, 2.24) is 10.6 Å². The Morgan fingerprint density at radius 2 is 2.24 bits per heavy atom. The van der Waals surface area contributed by atoms with Crippen LogP contribution in [0.25, 0.3) is 0 Å². The number of carbonyl (C=O) groups excluding carboxylic acids is 1. The Hall–Kier alpha value is -1.40. The van der Waals surface area contributed by atoms with E-state index in [1.807, 2.05) is 0 Å². The van der Waals surface area contributed by atoms with Gasteiger partial charge in [-0.3, -0.25) is 4.79 Å². The van der Waals surface area contributed by atoms with Crippen LogP contribution in [-0.2, 0) is 9.59 Å². The van der Waals surface area contributed by atoms with Crippen LogP contribution in [0.3, 0.4) is 0 Å². The van der Waals surface area contributed by atoms with Gasteiger partial charge in [0, 0.05) is 17.3 Å². The molecule has 0 saturated heterocycles. The van der Waals surface area contributed by atoms with E-state index in [0.29, 0.717) is 11.4 Å². The van der Waals surface area contributed by atoms with Crippen molar-refractivity contribution in [2.45, 2.75) is 13.0 Å². The van der Waals surface area contributed by atoms with E-state index in [4.69, 9.17) is 5.11 Å². The number of carboxylic acids is 1. The second-order valence-corrected chi connectivity index (χ2v) is 4.73. The van der Waals surface area contributed by atoms with Crippen molar-refractivity contribution in [3.05, 3.63) is 22.4 Å². The van der Waals surface area contributed by atoms with Crippen LogP contribution < -0.4 is 10.6 Å². The van der Waals surface area contributed by atoms with Crippen molar-refractivity contribution in [3.8, 4) is 0 Å². The largest absolute Gasteiger partial charge is 0.479 e. The molecule has 1 heterocycles. The molecule has 3 N–H and O–H groups in total. The van der Waals surface area contributed by atoms with Crippen LogP contribution in [0.5, 0.6) is 0 Å². The Kier molecular flexibility index (Phi) is 5.11. The highest BCUT2D eigenvalue weighted by molar-refractivity contribution is 7.10. The average molecular weight is 256 g/mol. The second-order valence-electron chi connectivity index (χ2n) is 3.75. The molecule has 0 radical (unpaired) electrons. The molecule has 0 aliphatic carbocycles. The summed E-state index contributed by atoms with van der Waals surface area (Å²) in [6.07, 6.45) is 0. The molecular formula is C11H16N2O3S. The molecule has 6 heteroatoms. The van der Waals surface area contributed by atoms with Crippen LogP contribution in [0.2, 0.25) is 0 Å². The molecule has 1 rings (SSSR count). The van der Waals surface area contributed by atoms with Crippen molar-refractivity contribution in [1.29, 1.82) is 0 Å². The zero-order chi connectivity index (χ0) is 12.8. The summed E-state index contributed by atoms with van der Waals surface area (Å²) in [4.78, 5) is 23.5. The fourth-order valence-electron chi connectivity index (χ4n) is 1.39. The molecule has 0 bridgehead atoms. The van der Waals surface area contributed by atoms with Gasteiger partial charge in [0.05, 0.1) is 0 Å². The van der Waals surface area contributed by atoms with Gasteiger partial charge in [-0.05, 0) is 18.5 Å². The monoisotopic (exact) mass is 256 g/mol. The number of thiophene rings is 1. The van der Waals surface area contributed by atoms with Crippen LogP contribution in [0.4, 0.5) is 0 Å². The van der Waals surface area contributed by atoms with Gasteiger partial charge in [0.1, 0.15) is 0 Å². The number of hydrogen-bond donors (Lipinski definition) is 3. The highest BCUT2D eigenvalue weighted by Crippen LogP contribution is 2.19. The van der Waals surface area contributed by atoms with Gasteiger partial charge < -0.3 is 15.7 Å². The summed E-state index contributed by atoms with van der Waals surface area (Å²) < 4.78 is 0. The van der Waals surface area contributed by atoms with Crippen LogP contribution >= 0.6 is 11.3 Å². The van der Waals surface area contributed by atoms with Crippen LogP contribution in [-0.4, -0.2) is 30.6 Å². The first-order valence-electron chi connectivity index (χ1n) is 5.27. The van der Waals surface area contributed by atoms with Gasteiger partial charge in [0.15, 0.2) is 6.04 Å². The van der Waals surface area contributed by atoms with E-state index in [1.165, 1.54) is 11.3 Å². The van der Waals surface area contributed by atoms with E-state index in [1.54, 1.807) is 31.5 Å². The highest BCUT2D eigenvalue weighted by atomic mass is 32.1. The number of amides is 1. The van der Waals surface area contributed by atoms with Crippen molar-refractivity contribution >= 4 is 23.2 Å². The number of nitrogens with one attached hydrogen (secondary N) is 2. The number of rotatable bonds is 6. The maximum absolute atomic E-state index is 11.7. The topological polar surface area (TPSA) is 78.4 Å². The van der Waals surface area contributed by atoms with Gasteiger partial charge in [0.25, 0.3) is 0 Å². The zero-order valence-corrected chi connectivity index (χ0v) is 10.6. The maximum Gasteiger partial charge on any atom is 0.331 e. The third-order valence-corrected chi connectivity index (χ3v) is 3.26. The molecule has 0 fully saturated rings. The summed E-state index contributed by atoms with van der Waals surface area (Å²) in [6, 6.07) is 2.51. The summed E-state index contributed by atoms with van der Waals surface area (Å²) in [5.41, 5.74) is 0. The van der Waals surface area contributed by atoms with Crippen molar-refractivity contribution in [2.75, 3.05) is 13.6 Å². The van der Waals surface area contributed by atoms with Crippen LogP contribution in [0, 0.1) is 5.92 Å². The Morgan fingerprint density at radius 1 is 1.53 bits per heavy atom. The third-order valence-electron chi connectivity index (χ3n) is 2.32. The molecule has 2 unspecified atom stereocenters. The van der Waals surface area contributed by atoms with E-state index >= 15 is 0 Å². The fraction of sp³-hybridized carbons (Fsp3) is 0.455. The summed E-state index contributed by atoms with van der Waals surface area (Å²) >= 11 is 1.32. The molecule has 0 aromatic carbocycles. The first kappa shape index (κ1) is 13.7. The normalized spacial score (nSPS) is 14.0. The molecule has 1 aromatic heterocycles. The minimum absolute atomic E-state index is 0.262. The predicted molar refractivity (Wildman–Crippen MR) is 65.9 cm³/mol.